The quantitative estimate of drug-likeness (QED) is 0.516. The fourth-order valence-electron chi connectivity index (χ4n) is 3.15. The van der Waals surface area contributed by atoms with Gasteiger partial charge in [-0.1, -0.05) is 12.1 Å². The van der Waals surface area contributed by atoms with Crippen LogP contribution in [0.3, 0.4) is 0 Å². The fraction of sp³-hybridized carbons (Fsp3) is 0.143. The third kappa shape index (κ3) is 3.14. The number of H-pyrrole nitrogens is 1. The highest BCUT2D eigenvalue weighted by Gasteiger charge is 2.17. The second-order valence-corrected chi connectivity index (χ2v) is 7.45. The molecule has 5 nitrogen and oxygen atoms in total. The van der Waals surface area contributed by atoms with E-state index < -0.39 is 0 Å². The zero-order valence-electron chi connectivity index (χ0n) is 15.2. The number of phenols is 1. The second-order valence-electron chi connectivity index (χ2n) is 6.25. The molecule has 7 heteroatoms. The molecule has 2 aromatic carbocycles. The van der Waals surface area contributed by atoms with E-state index in [0.29, 0.717) is 34.0 Å². The molecule has 2 N–H and O–H groups in total. The Morgan fingerprint density at radius 1 is 1.18 bits per heavy atom. The average Bonchev–Trinajstić information content (AvgIpc) is 3.01. The van der Waals surface area contributed by atoms with Crippen molar-refractivity contribution >= 4 is 21.6 Å². The number of nitrogens with one attached hydrogen (secondary N) is 1. The standard InChI is InChI=1S/C21H17FN2O3S/c1-3-27-16-10-13(6-9-15(16)25)19-23-20(26)18-17(11(2)28-21(18)24-19)12-4-7-14(22)8-5-12/h4-10,25H,3H2,1-2H3,(H,23,24,26). The molecule has 4 rings (SSSR count). The number of benzene rings is 2. The third-order valence-electron chi connectivity index (χ3n) is 4.40. The van der Waals surface area contributed by atoms with Crippen LogP contribution in [0.1, 0.15) is 11.8 Å². The molecule has 2 aromatic heterocycles. The number of fused-ring (bicyclic) bond motifs is 1. The number of hydrogen-bond acceptors (Lipinski definition) is 5. The van der Waals surface area contributed by atoms with Crippen molar-refractivity contribution in [3.05, 3.63) is 63.5 Å². The van der Waals surface area contributed by atoms with Crippen molar-refractivity contribution in [1.82, 2.24) is 9.97 Å². The Kier molecular flexibility index (Phi) is 4.60. The van der Waals surface area contributed by atoms with Gasteiger partial charge in [-0.25, -0.2) is 9.37 Å². The van der Waals surface area contributed by atoms with Crippen LogP contribution in [0.25, 0.3) is 32.7 Å². The molecule has 0 bridgehead atoms. The molecule has 0 fully saturated rings. The molecular formula is C21H17FN2O3S. The Bertz CT molecular complexity index is 1230. The first-order valence-electron chi connectivity index (χ1n) is 8.73. The predicted octanol–water partition coefficient (Wildman–Crippen LogP) is 4.87. The topological polar surface area (TPSA) is 75.2 Å². The number of thiophene rings is 1. The first-order valence-corrected chi connectivity index (χ1v) is 9.55. The van der Waals surface area contributed by atoms with E-state index in [0.717, 1.165) is 16.0 Å². The number of aromatic nitrogens is 2. The van der Waals surface area contributed by atoms with Crippen molar-refractivity contribution in [2.45, 2.75) is 13.8 Å². The molecule has 0 amide bonds. The highest BCUT2D eigenvalue weighted by atomic mass is 32.1. The monoisotopic (exact) mass is 396 g/mol. The van der Waals surface area contributed by atoms with Gasteiger partial charge in [-0.15, -0.1) is 11.3 Å². The van der Waals surface area contributed by atoms with E-state index in [1.165, 1.54) is 29.5 Å². The largest absolute Gasteiger partial charge is 0.504 e. The van der Waals surface area contributed by atoms with E-state index in [1.54, 1.807) is 24.3 Å². The summed E-state index contributed by atoms with van der Waals surface area (Å²) in [5.74, 6) is 0.426. The van der Waals surface area contributed by atoms with Gasteiger partial charge >= 0.3 is 0 Å². The van der Waals surface area contributed by atoms with Crippen LogP contribution in [0.5, 0.6) is 11.5 Å². The predicted molar refractivity (Wildman–Crippen MR) is 109 cm³/mol. The zero-order chi connectivity index (χ0) is 19.8. The summed E-state index contributed by atoms with van der Waals surface area (Å²) in [6.07, 6.45) is 0. The van der Waals surface area contributed by atoms with Gasteiger partial charge in [-0.05, 0) is 49.7 Å². The van der Waals surface area contributed by atoms with Crippen LogP contribution in [0.4, 0.5) is 4.39 Å². The summed E-state index contributed by atoms with van der Waals surface area (Å²) in [5.41, 5.74) is 1.90. The van der Waals surface area contributed by atoms with Gasteiger partial charge in [0.1, 0.15) is 16.5 Å². The zero-order valence-corrected chi connectivity index (χ0v) is 16.1. The molecule has 2 heterocycles. The summed E-state index contributed by atoms with van der Waals surface area (Å²) in [5, 5.41) is 10.4. The van der Waals surface area contributed by atoms with Crippen LogP contribution in [0.2, 0.25) is 0 Å². The van der Waals surface area contributed by atoms with E-state index in [9.17, 15) is 14.3 Å². The van der Waals surface area contributed by atoms with Crippen molar-refractivity contribution in [3.63, 3.8) is 0 Å². The number of aromatic amines is 1. The molecule has 0 radical (unpaired) electrons. The van der Waals surface area contributed by atoms with E-state index >= 15 is 0 Å². The van der Waals surface area contributed by atoms with Crippen molar-refractivity contribution in [1.29, 1.82) is 0 Å². The summed E-state index contributed by atoms with van der Waals surface area (Å²) in [6.45, 7) is 4.15. The summed E-state index contributed by atoms with van der Waals surface area (Å²) >= 11 is 1.41. The summed E-state index contributed by atoms with van der Waals surface area (Å²) in [6, 6.07) is 10.9. The van der Waals surface area contributed by atoms with Gasteiger partial charge in [0, 0.05) is 16.0 Å². The van der Waals surface area contributed by atoms with Gasteiger partial charge in [0.2, 0.25) is 0 Å². The van der Waals surface area contributed by atoms with Gasteiger partial charge in [-0.2, -0.15) is 0 Å². The minimum atomic E-state index is -0.326. The number of rotatable bonds is 4. The minimum Gasteiger partial charge on any atom is -0.504 e. The summed E-state index contributed by atoms with van der Waals surface area (Å²) in [7, 11) is 0. The molecule has 28 heavy (non-hydrogen) atoms. The molecule has 0 aliphatic heterocycles. The van der Waals surface area contributed by atoms with Gasteiger partial charge in [0.15, 0.2) is 11.5 Å². The third-order valence-corrected chi connectivity index (χ3v) is 5.40. The maximum Gasteiger partial charge on any atom is 0.260 e. The lowest BCUT2D eigenvalue weighted by Crippen LogP contribution is -2.09. The van der Waals surface area contributed by atoms with Crippen molar-refractivity contribution in [2.75, 3.05) is 6.61 Å². The number of nitrogens with zero attached hydrogens (tertiary/aromatic N) is 1. The van der Waals surface area contributed by atoms with E-state index in [4.69, 9.17) is 4.74 Å². The number of hydrogen-bond donors (Lipinski definition) is 2. The first-order chi connectivity index (χ1) is 13.5. The maximum absolute atomic E-state index is 13.3. The first kappa shape index (κ1) is 18.2. The second kappa shape index (κ2) is 7.09. The molecule has 0 saturated carbocycles. The smallest absolute Gasteiger partial charge is 0.260 e. The molecule has 4 aromatic rings. The molecule has 0 saturated heterocycles. The Balaban J connectivity index is 1.88. The van der Waals surface area contributed by atoms with Crippen molar-refractivity contribution in [2.24, 2.45) is 0 Å². The highest BCUT2D eigenvalue weighted by molar-refractivity contribution is 7.19. The van der Waals surface area contributed by atoms with Gasteiger partial charge < -0.3 is 14.8 Å². The lowest BCUT2D eigenvalue weighted by Gasteiger charge is -2.08. The molecule has 0 unspecified atom stereocenters. The minimum absolute atomic E-state index is 0.0274. The fourth-order valence-corrected chi connectivity index (χ4v) is 4.20. The van der Waals surface area contributed by atoms with Crippen LogP contribution in [-0.2, 0) is 0 Å². The Morgan fingerprint density at radius 2 is 1.89 bits per heavy atom. The average molecular weight is 396 g/mol. The normalized spacial score (nSPS) is 11.1. The number of aryl methyl sites for hydroxylation is 1. The van der Waals surface area contributed by atoms with E-state index in [-0.39, 0.29) is 17.1 Å². The van der Waals surface area contributed by atoms with Gasteiger partial charge in [-0.3, -0.25) is 4.79 Å². The van der Waals surface area contributed by atoms with Gasteiger partial charge in [0.05, 0.1) is 12.0 Å². The number of phenolic OH excluding ortho intramolecular Hbond substituents is 1. The van der Waals surface area contributed by atoms with Gasteiger partial charge in [0.25, 0.3) is 5.56 Å². The van der Waals surface area contributed by atoms with E-state index in [1.807, 2.05) is 13.8 Å². The molecule has 142 valence electrons. The molecule has 0 aliphatic carbocycles. The van der Waals surface area contributed by atoms with Crippen molar-refractivity contribution in [3.8, 4) is 34.0 Å². The lowest BCUT2D eigenvalue weighted by molar-refractivity contribution is 0.318. The highest BCUT2D eigenvalue weighted by Crippen LogP contribution is 2.37. The van der Waals surface area contributed by atoms with Crippen LogP contribution in [0.15, 0.2) is 47.3 Å². The van der Waals surface area contributed by atoms with Crippen LogP contribution >= 0.6 is 11.3 Å². The Hall–Kier alpha value is -3.19. The van der Waals surface area contributed by atoms with E-state index in [2.05, 4.69) is 9.97 Å². The summed E-state index contributed by atoms with van der Waals surface area (Å²) in [4.78, 5) is 21.8. The number of aromatic hydroxyl groups is 1. The number of ether oxygens (including phenoxy) is 1. The van der Waals surface area contributed by atoms with Crippen molar-refractivity contribution < 1.29 is 14.2 Å². The maximum atomic E-state index is 13.3. The molecule has 0 spiro atoms. The van der Waals surface area contributed by atoms with Crippen LogP contribution in [-0.4, -0.2) is 21.7 Å². The SMILES string of the molecule is CCOc1cc(-c2nc3sc(C)c(-c4ccc(F)cc4)c3c(=O)[nH]2)ccc1O. The Morgan fingerprint density at radius 3 is 2.61 bits per heavy atom. The summed E-state index contributed by atoms with van der Waals surface area (Å²) < 4.78 is 18.7. The molecule has 0 atom stereocenters. The molecule has 0 aliphatic rings. The lowest BCUT2D eigenvalue weighted by atomic mass is 10.0. The molecular weight excluding hydrogens is 379 g/mol. The Labute approximate surface area is 164 Å². The van der Waals surface area contributed by atoms with Crippen LogP contribution in [0, 0.1) is 12.7 Å². The number of halogens is 1. The van der Waals surface area contributed by atoms with Crippen LogP contribution < -0.4 is 10.3 Å².